The molecule has 10 heavy (non-hydrogen) atoms. The largest absolute Gasteiger partial charge is 0.296 e. The third-order valence-electron chi connectivity index (χ3n) is 2.64. The van der Waals surface area contributed by atoms with Gasteiger partial charge >= 0.3 is 0 Å². The van der Waals surface area contributed by atoms with Crippen molar-refractivity contribution in [1.29, 1.82) is 0 Å². The molecule has 2 unspecified atom stereocenters. The number of amides is 2. The van der Waals surface area contributed by atoms with Crippen molar-refractivity contribution < 1.29 is 9.59 Å². The van der Waals surface area contributed by atoms with Crippen molar-refractivity contribution in [1.82, 2.24) is 5.32 Å². The van der Waals surface area contributed by atoms with E-state index in [0.717, 1.165) is 0 Å². The van der Waals surface area contributed by atoms with E-state index in [2.05, 4.69) is 5.32 Å². The molecule has 1 saturated heterocycles. The number of carbonyl (C=O) groups excluding carboxylic acids is 2. The second kappa shape index (κ2) is 1.26. The van der Waals surface area contributed by atoms with E-state index in [1.165, 1.54) is 0 Å². The summed E-state index contributed by atoms with van der Waals surface area (Å²) >= 11 is 0. The predicted molar refractivity (Wildman–Crippen MR) is 33.9 cm³/mol. The number of fused-ring (bicyclic) bond motifs is 1. The van der Waals surface area contributed by atoms with Gasteiger partial charge in [-0.2, -0.15) is 0 Å². The molecular weight excluding hydrogens is 130 g/mol. The van der Waals surface area contributed by atoms with E-state index in [4.69, 9.17) is 0 Å². The molecule has 1 aliphatic carbocycles. The summed E-state index contributed by atoms with van der Waals surface area (Å²) in [6, 6.07) is 0. The second-order valence-electron chi connectivity index (χ2n) is 3.63. The van der Waals surface area contributed by atoms with Crippen LogP contribution in [0.2, 0.25) is 0 Å². The Morgan fingerprint density at radius 1 is 1.20 bits per heavy atom. The van der Waals surface area contributed by atoms with Gasteiger partial charge in [-0.1, -0.05) is 13.8 Å². The van der Waals surface area contributed by atoms with E-state index in [-0.39, 0.29) is 29.1 Å². The van der Waals surface area contributed by atoms with Gasteiger partial charge in [-0.15, -0.1) is 0 Å². The molecule has 1 aliphatic heterocycles. The topological polar surface area (TPSA) is 46.2 Å². The lowest BCUT2D eigenvalue weighted by molar-refractivity contribution is -0.128. The summed E-state index contributed by atoms with van der Waals surface area (Å²) < 4.78 is 0. The Kier molecular flexibility index (Phi) is 0.743. The van der Waals surface area contributed by atoms with Gasteiger partial charge in [0.2, 0.25) is 11.8 Å². The minimum Gasteiger partial charge on any atom is -0.296 e. The van der Waals surface area contributed by atoms with Crippen LogP contribution in [0.25, 0.3) is 0 Å². The Labute approximate surface area is 58.8 Å². The zero-order chi connectivity index (χ0) is 7.52. The number of nitrogens with one attached hydrogen (secondary N) is 1. The van der Waals surface area contributed by atoms with Crippen molar-refractivity contribution in [2.24, 2.45) is 17.3 Å². The van der Waals surface area contributed by atoms with Crippen molar-refractivity contribution >= 4 is 11.8 Å². The molecule has 0 aromatic rings. The maximum Gasteiger partial charge on any atom is 0.231 e. The van der Waals surface area contributed by atoms with Gasteiger partial charge < -0.3 is 0 Å². The molecule has 2 fully saturated rings. The summed E-state index contributed by atoms with van der Waals surface area (Å²) in [5, 5.41) is 2.29. The van der Waals surface area contributed by atoms with Gasteiger partial charge in [0, 0.05) is 0 Å². The maximum atomic E-state index is 10.9. The highest BCUT2D eigenvalue weighted by atomic mass is 16.2. The quantitative estimate of drug-likeness (QED) is 0.477. The fraction of sp³-hybridized carbons (Fsp3) is 0.714. The predicted octanol–water partition coefficient (Wildman–Crippen LogP) is -0.0850. The van der Waals surface area contributed by atoms with Crippen LogP contribution in [-0.4, -0.2) is 11.8 Å². The lowest BCUT2D eigenvalue weighted by Crippen LogP contribution is -2.29. The summed E-state index contributed by atoms with van der Waals surface area (Å²) in [6.07, 6.45) is 0. The molecule has 0 radical (unpaired) electrons. The summed E-state index contributed by atoms with van der Waals surface area (Å²) in [4.78, 5) is 21.8. The molecule has 3 heteroatoms. The van der Waals surface area contributed by atoms with Crippen molar-refractivity contribution in [3.8, 4) is 0 Å². The van der Waals surface area contributed by atoms with Gasteiger partial charge in [0.05, 0.1) is 11.8 Å². The fourth-order valence-electron chi connectivity index (χ4n) is 1.89. The molecule has 54 valence electrons. The molecule has 3 nitrogen and oxygen atoms in total. The number of carbonyl (C=O) groups is 2. The molecule has 2 amide bonds. The third-order valence-corrected chi connectivity index (χ3v) is 2.64. The van der Waals surface area contributed by atoms with Gasteiger partial charge in [0.25, 0.3) is 0 Å². The molecular formula is C7H9NO2. The zero-order valence-corrected chi connectivity index (χ0v) is 5.97. The van der Waals surface area contributed by atoms with Gasteiger partial charge in [-0.05, 0) is 5.41 Å². The Bertz CT molecular complexity index is 210. The molecule has 2 aliphatic rings. The van der Waals surface area contributed by atoms with Crippen molar-refractivity contribution in [3.63, 3.8) is 0 Å². The van der Waals surface area contributed by atoms with Crippen LogP contribution in [0, 0.1) is 17.3 Å². The first-order chi connectivity index (χ1) is 4.55. The SMILES string of the molecule is CC1(C)C2C(=O)NC(=O)C21. The molecule has 1 saturated carbocycles. The number of piperidine rings is 1. The molecule has 1 N–H and O–H groups in total. The highest BCUT2D eigenvalue weighted by Crippen LogP contribution is 2.60. The monoisotopic (exact) mass is 139 g/mol. The summed E-state index contributed by atoms with van der Waals surface area (Å²) in [7, 11) is 0. The fourth-order valence-corrected chi connectivity index (χ4v) is 1.89. The zero-order valence-electron chi connectivity index (χ0n) is 5.97. The second-order valence-corrected chi connectivity index (χ2v) is 3.63. The highest BCUT2D eigenvalue weighted by Gasteiger charge is 2.69. The first kappa shape index (κ1) is 5.89. The molecule has 0 aromatic carbocycles. The summed E-state index contributed by atoms with van der Waals surface area (Å²) in [5.41, 5.74) is -0.0561. The van der Waals surface area contributed by atoms with Crippen molar-refractivity contribution in [2.75, 3.05) is 0 Å². The number of hydrogen-bond donors (Lipinski definition) is 1. The van der Waals surface area contributed by atoms with Crippen LogP contribution >= 0.6 is 0 Å². The minimum absolute atomic E-state index is 0.0278. The Hall–Kier alpha value is -0.860. The minimum atomic E-state index is -0.0833. The van der Waals surface area contributed by atoms with Gasteiger partial charge in [0.15, 0.2) is 0 Å². The van der Waals surface area contributed by atoms with Gasteiger partial charge in [0.1, 0.15) is 0 Å². The van der Waals surface area contributed by atoms with Crippen molar-refractivity contribution in [3.05, 3.63) is 0 Å². The van der Waals surface area contributed by atoms with Crippen molar-refractivity contribution in [2.45, 2.75) is 13.8 Å². The van der Waals surface area contributed by atoms with E-state index in [9.17, 15) is 9.59 Å². The third kappa shape index (κ3) is 0.426. The number of rotatable bonds is 0. The number of imide groups is 1. The van der Waals surface area contributed by atoms with E-state index >= 15 is 0 Å². The average molecular weight is 139 g/mol. The molecule has 2 rings (SSSR count). The first-order valence-electron chi connectivity index (χ1n) is 3.40. The van der Waals surface area contributed by atoms with Crippen LogP contribution < -0.4 is 5.32 Å². The Morgan fingerprint density at radius 2 is 1.60 bits per heavy atom. The Morgan fingerprint density at radius 3 is 1.80 bits per heavy atom. The summed E-state index contributed by atoms with van der Waals surface area (Å²) in [6.45, 7) is 3.91. The van der Waals surface area contributed by atoms with Crippen LogP contribution in [-0.2, 0) is 9.59 Å². The smallest absolute Gasteiger partial charge is 0.231 e. The normalized spacial score (nSPS) is 41.0. The van der Waals surface area contributed by atoms with Crippen LogP contribution in [0.1, 0.15) is 13.8 Å². The van der Waals surface area contributed by atoms with Crippen LogP contribution in [0.3, 0.4) is 0 Å². The van der Waals surface area contributed by atoms with Crippen LogP contribution in [0.15, 0.2) is 0 Å². The average Bonchev–Trinajstić information content (AvgIpc) is 2.17. The van der Waals surface area contributed by atoms with Crippen LogP contribution in [0.5, 0.6) is 0 Å². The molecule has 0 bridgehead atoms. The van der Waals surface area contributed by atoms with Gasteiger partial charge in [-0.25, -0.2) is 0 Å². The summed E-state index contributed by atoms with van der Waals surface area (Å²) in [5.74, 6) is -0.222. The van der Waals surface area contributed by atoms with E-state index in [1.807, 2.05) is 13.8 Å². The van der Waals surface area contributed by atoms with Crippen LogP contribution in [0.4, 0.5) is 0 Å². The Balaban J connectivity index is 2.34. The molecule has 0 spiro atoms. The highest BCUT2D eigenvalue weighted by molar-refractivity contribution is 6.10. The number of hydrogen-bond acceptors (Lipinski definition) is 2. The lowest BCUT2D eigenvalue weighted by atomic mass is 10.1. The maximum absolute atomic E-state index is 10.9. The first-order valence-corrected chi connectivity index (χ1v) is 3.40. The molecule has 1 heterocycles. The lowest BCUT2D eigenvalue weighted by Gasteiger charge is -2.05. The van der Waals surface area contributed by atoms with E-state index in [1.54, 1.807) is 0 Å². The molecule has 2 atom stereocenters. The standard InChI is InChI=1S/C7H9NO2/c1-7(2)3-4(7)6(10)8-5(3)9/h3-4H,1-2H3,(H,8,9,10). The van der Waals surface area contributed by atoms with Gasteiger partial charge in [-0.3, -0.25) is 14.9 Å². The van der Waals surface area contributed by atoms with E-state index < -0.39 is 0 Å². The molecule has 0 aromatic heterocycles. The van der Waals surface area contributed by atoms with E-state index in [0.29, 0.717) is 0 Å².